The van der Waals surface area contributed by atoms with Gasteiger partial charge in [0.1, 0.15) is 6.61 Å². The summed E-state index contributed by atoms with van der Waals surface area (Å²) in [7, 11) is -3.82. The zero-order valence-corrected chi connectivity index (χ0v) is 18.0. The highest BCUT2D eigenvalue weighted by Gasteiger charge is 2.29. The molecule has 2 heterocycles. The molecule has 32 heavy (non-hydrogen) atoms. The maximum atomic E-state index is 13.5. The van der Waals surface area contributed by atoms with Gasteiger partial charge in [0.15, 0.2) is 5.82 Å². The number of morpholine rings is 1. The molecule has 2 aromatic carbocycles. The van der Waals surface area contributed by atoms with Crippen LogP contribution in [0.4, 0.5) is 8.78 Å². The Morgan fingerprint density at radius 3 is 2.62 bits per heavy atom. The zero-order chi connectivity index (χ0) is 22.9. The summed E-state index contributed by atoms with van der Waals surface area (Å²) >= 11 is 0. The predicted molar refractivity (Wildman–Crippen MR) is 111 cm³/mol. The first-order valence-corrected chi connectivity index (χ1v) is 11.3. The van der Waals surface area contributed by atoms with Crippen molar-refractivity contribution in [2.45, 2.75) is 25.0 Å². The lowest BCUT2D eigenvalue weighted by atomic mass is 10.1. The highest BCUT2D eigenvalue weighted by molar-refractivity contribution is 7.89. The van der Waals surface area contributed by atoms with Gasteiger partial charge in [-0.05, 0) is 36.8 Å². The largest absolute Gasteiger partial charge is 0.454 e. The van der Waals surface area contributed by atoms with E-state index in [0.29, 0.717) is 28.9 Å². The number of aryl methyl sites for hydroxylation is 1. The van der Waals surface area contributed by atoms with Gasteiger partial charge in [0.05, 0.1) is 34.7 Å². The van der Waals surface area contributed by atoms with Crippen LogP contribution in [0.2, 0.25) is 0 Å². The molecule has 1 aliphatic heterocycles. The minimum absolute atomic E-state index is 0.00198. The average Bonchev–Trinajstić information content (AvgIpc) is 3.17. The summed E-state index contributed by atoms with van der Waals surface area (Å²) in [6.07, 6.45) is 0. The number of rotatable bonds is 6. The van der Waals surface area contributed by atoms with E-state index in [1.54, 1.807) is 25.1 Å². The number of esters is 1. The molecule has 1 saturated heterocycles. The lowest BCUT2D eigenvalue weighted by molar-refractivity contribution is 0.0387. The number of carbonyl (C=O) groups excluding carboxylic acids is 1. The molecule has 3 aromatic rings. The van der Waals surface area contributed by atoms with Gasteiger partial charge in [0.25, 0.3) is 0 Å². The van der Waals surface area contributed by atoms with Crippen LogP contribution in [-0.2, 0) is 26.1 Å². The Balaban J connectivity index is 1.57. The van der Waals surface area contributed by atoms with Crippen molar-refractivity contribution < 1.29 is 31.5 Å². The van der Waals surface area contributed by atoms with Crippen LogP contribution < -0.4 is 0 Å². The number of benzene rings is 2. The molecular formula is C21H21F2N3O5S. The molecule has 0 atom stereocenters. The second-order valence-corrected chi connectivity index (χ2v) is 9.14. The van der Waals surface area contributed by atoms with Crippen LogP contribution in [0.1, 0.15) is 28.3 Å². The van der Waals surface area contributed by atoms with Crippen molar-refractivity contribution in [3.63, 3.8) is 0 Å². The smallest absolute Gasteiger partial charge is 0.338 e. The van der Waals surface area contributed by atoms with E-state index in [2.05, 4.69) is 4.98 Å². The van der Waals surface area contributed by atoms with Gasteiger partial charge in [0.2, 0.25) is 10.0 Å². The minimum atomic E-state index is -3.82. The normalized spacial score (nSPS) is 15.4. The number of carbonyl (C=O) groups is 1. The van der Waals surface area contributed by atoms with Crippen LogP contribution in [0.5, 0.6) is 0 Å². The summed E-state index contributed by atoms with van der Waals surface area (Å²) in [6, 6.07) is 10.6. The molecule has 4 rings (SSSR count). The molecule has 8 nitrogen and oxygen atoms in total. The second kappa shape index (κ2) is 8.93. The van der Waals surface area contributed by atoms with E-state index in [1.807, 2.05) is 0 Å². The van der Waals surface area contributed by atoms with E-state index < -0.39 is 29.1 Å². The van der Waals surface area contributed by atoms with E-state index in [9.17, 15) is 22.0 Å². The van der Waals surface area contributed by atoms with Gasteiger partial charge in [-0.1, -0.05) is 18.2 Å². The number of hydrogen-bond donors (Lipinski definition) is 0. The van der Waals surface area contributed by atoms with Crippen molar-refractivity contribution in [2.75, 3.05) is 26.3 Å². The fourth-order valence-electron chi connectivity index (χ4n) is 3.56. The molecule has 11 heteroatoms. The number of fused-ring (bicyclic) bond motifs is 1. The van der Waals surface area contributed by atoms with Gasteiger partial charge in [-0.3, -0.25) is 4.57 Å². The van der Waals surface area contributed by atoms with Crippen molar-refractivity contribution in [1.29, 1.82) is 0 Å². The summed E-state index contributed by atoms with van der Waals surface area (Å²) in [5.41, 5.74) is 1.06. The van der Waals surface area contributed by atoms with Crippen LogP contribution in [0.15, 0.2) is 47.4 Å². The third kappa shape index (κ3) is 4.23. The van der Waals surface area contributed by atoms with Gasteiger partial charge >= 0.3 is 12.5 Å². The van der Waals surface area contributed by atoms with Crippen molar-refractivity contribution >= 4 is 27.0 Å². The first-order chi connectivity index (χ1) is 15.3. The van der Waals surface area contributed by atoms with E-state index in [1.165, 1.54) is 28.6 Å². The SMILES string of the molecule is Cc1ccc(C(=O)OCc2nc3ccccc3n2C(F)F)cc1S(=O)(=O)N1CCOCC1. The molecule has 170 valence electrons. The quantitative estimate of drug-likeness (QED) is 0.520. The Labute approximate surface area is 183 Å². The van der Waals surface area contributed by atoms with Gasteiger partial charge in [-0.15, -0.1) is 0 Å². The fraction of sp³-hybridized carbons (Fsp3) is 0.333. The van der Waals surface area contributed by atoms with E-state index in [-0.39, 0.29) is 34.9 Å². The Morgan fingerprint density at radius 2 is 1.91 bits per heavy atom. The van der Waals surface area contributed by atoms with Crippen molar-refractivity contribution in [3.05, 3.63) is 59.4 Å². The number of aromatic nitrogens is 2. The number of halogens is 2. The van der Waals surface area contributed by atoms with Crippen molar-refractivity contribution in [2.24, 2.45) is 0 Å². The molecule has 1 fully saturated rings. The molecule has 1 aromatic heterocycles. The highest BCUT2D eigenvalue weighted by Crippen LogP contribution is 2.25. The summed E-state index contributed by atoms with van der Waals surface area (Å²) < 4.78 is 65.5. The molecule has 0 unspecified atom stereocenters. The summed E-state index contributed by atoms with van der Waals surface area (Å²) in [5.74, 6) is -0.945. The second-order valence-electron chi connectivity index (χ2n) is 7.24. The number of hydrogen-bond acceptors (Lipinski definition) is 6. The minimum Gasteiger partial charge on any atom is -0.454 e. The number of imidazole rings is 1. The summed E-state index contributed by atoms with van der Waals surface area (Å²) in [4.78, 5) is 16.7. The fourth-order valence-corrected chi connectivity index (χ4v) is 5.22. The highest BCUT2D eigenvalue weighted by atomic mass is 32.2. The molecule has 0 bridgehead atoms. The zero-order valence-electron chi connectivity index (χ0n) is 17.2. The first-order valence-electron chi connectivity index (χ1n) is 9.88. The molecule has 0 aliphatic carbocycles. The topological polar surface area (TPSA) is 90.7 Å². The summed E-state index contributed by atoms with van der Waals surface area (Å²) in [6.45, 7) is -0.678. The average molecular weight is 465 g/mol. The lowest BCUT2D eigenvalue weighted by Crippen LogP contribution is -2.40. The number of para-hydroxylation sites is 2. The van der Waals surface area contributed by atoms with Crippen LogP contribution in [0.25, 0.3) is 11.0 Å². The van der Waals surface area contributed by atoms with Gasteiger partial charge < -0.3 is 9.47 Å². The Bertz CT molecular complexity index is 1250. The standard InChI is InChI=1S/C21H21F2N3O5S/c1-14-6-7-15(12-18(14)32(28,29)25-8-10-30-11-9-25)20(27)31-13-19-24-16-4-2-3-5-17(16)26(19)21(22)23/h2-7,12,21H,8-11,13H2,1H3. The van der Waals surface area contributed by atoms with Crippen molar-refractivity contribution in [3.8, 4) is 0 Å². The van der Waals surface area contributed by atoms with E-state index in [0.717, 1.165) is 0 Å². The molecule has 1 aliphatic rings. The van der Waals surface area contributed by atoms with Crippen LogP contribution >= 0.6 is 0 Å². The molecule has 0 radical (unpaired) electrons. The van der Waals surface area contributed by atoms with E-state index >= 15 is 0 Å². The lowest BCUT2D eigenvalue weighted by Gasteiger charge is -2.26. The maximum absolute atomic E-state index is 13.5. The molecule has 0 spiro atoms. The number of nitrogens with zero attached hydrogens (tertiary/aromatic N) is 3. The Morgan fingerprint density at radius 1 is 1.19 bits per heavy atom. The van der Waals surface area contributed by atoms with Gasteiger partial charge in [0, 0.05) is 13.1 Å². The Kier molecular flexibility index (Phi) is 6.22. The summed E-state index contributed by atoms with van der Waals surface area (Å²) in [5, 5.41) is 0. The maximum Gasteiger partial charge on any atom is 0.338 e. The van der Waals surface area contributed by atoms with Crippen LogP contribution in [0, 0.1) is 6.92 Å². The molecular weight excluding hydrogens is 444 g/mol. The molecule has 0 N–H and O–H groups in total. The monoisotopic (exact) mass is 465 g/mol. The first kappa shape index (κ1) is 22.3. The molecule has 0 amide bonds. The van der Waals surface area contributed by atoms with Gasteiger partial charge in [-0.25, -0.2) is 18.2 Å². The predicted octanol–water partition coefficient (Wildman–Crippen LogP) is 3.12. The van der Waals surface area contributed by atoms with Crippen LogP contribution in [0.3, 0.4) is 0 Å². The van der Waals surface area contributed by atoms with E-state index in [4.69, 9.17) is 9.47 Å². The Hall–Kier alpha value is -2.89. The van der Waals surface area contributed by atoms with Crippen molar-refractivity contribution in [1.82, 2.24) is 13.9 Å². The van der Waals surface area contributed by atoms with Crippen LogP contribution in [-0.4, -0.2) is 54.5 Å². The third-order valence-electron chi connectivity index (χ3n) is 5.21. The van der Waals surface area contributed by atoms with Gasteiger partial charge in [-0.2, -0.15) is 13.1 Å². The third-order valence-corrected chi connectivity index (χ3v) is 7.25. The molecule has 0 saturated carbocycles. The number of ether oxygens (including phenoxy) is 2. The number of sulfonamides is 1. The number of alkyl halides is 2.